The molecule has 2 aliphatic carbocycles. The fourth-order valence-electron chi connectivity index (χ4n) is 6.05. The van der Waals surface area contributed by atoms with Crippen molar-refractivity contribution in [1.29, 1.82) is 0 Å². The minimum absolute atomic E-state index is 0.00642. The van der Waals surface area contributed by atoms with Gasteiger partial charge in [0.15, 0.2) is 0 Å². The number of amides is 2. The lowest BCUT2D eigenvalue weighted by atomic mass is 9.90. The van der Waals surface area contributed by atoms with Crippen LogP contribution in [0.2, 0.25) is 0 Å². The summed E-state index contributed by atoms with van der Waals surface area (Å²) in [5.41, 5.74) is 0.593. The molecule has 1 aliphatic heterocycles. The SMILES string of the molecule is CC1(C(=O)NC2CCCCCCC2)Cn2c(ccc2-c2ccco2)C(=O)N1C1CCCC1. The summed E-state index contributed by atoms with van der Waals surface area (Å²) < 4.78 is 7.63. The van der Waals surface area contributed by atoms with E-state index >= 15 is 0 Å². The van der Waals surface area contributed by atoms with Crippen LogP contribution in [-0.2, 0) is 11.3 Å². The highest BCUT2D eigenvalue weighted by Gasteiger charge is 2.51. The molecule has 0 saturated heterocycles. The van der Waals surface area contributed by atoms with E-state index in [1.54, 1.807) is 6.26 Å². The van der Waals surface area contributed by atoms with Crippen LogP contribution in [0.5, 0.6) is 0 Å². The third-order valence-corrected chi connectivity index (χ3v) is 7.81. The van der Waals surface area contributed by atoms with E-state index in [4.69, 9.17) is 4.42 Å². The van der Waals surface area contributed by atoms with Crippen LogP contribution in [0.25, 0.3) is 11.5 Å². The van der Waals surface area contributed by atoms with Gasteiger partial charge in [0.05, 0.1) is 18.5 Å². The molecule has 3 aliphatic rings. The second kappa shape index (κ2) is 8.80. The number of nitrogens with zero attached hydrogens (tertiary/aromatic N) is 2. The van der Waals surface area contributed by atoms with E-state index in [9.17, 15) is 9.59 Å². The maximum atomic E-state index is 13.9. The van der Waals surface area contributed by atoms with Crippen LogP contribution in [0.1, 0.15) is 88.0 Å². The number of fused-ring (bicyclic) bond motifs is 1. The summed E-state index contributed by atoms with van der Waals surface area (Å²) in [6.07, 6.45) is 14.0. The Morgan fingerprint density at radius 2 is 1.62 bits per heavy atom. The van der Waals surface area contributed by atoms with Crippen molar-refractivity contribution in [2.75, 3.05) is 0 Å². The molecule has 0 aromatic carbocycles. The molecule has 2 aromatic heterocycles. The Kier molecular flexibility index (Phi) is 5.87. The van der Waals surface area contributed by atoms with E-state index in [2.05, 4.69) is 5.32 Å². The molecular weight excluding hydrogens is 402 g/mol. The summed E-state index contributed by atoms with van der Waals surface area (Å²) in [6, 6.07) is 7.92. The molecule has 0 radical (unpaired) electrons. The predicted octanol–water partition coefficient (Wildman–Crippen LogP) is 5.13. The zero-order valence-corrected chi connectivity index (χ0v) is 19.1. The molecule has 1 N–H and O–H groups in total. The molecular formula is C26H35N3O3. The van der Waals surface area contributed by atoms with Crippen molar-refractivity contribution >= 4 is 11.8 Å². The van der Waals surface area contributed by atoms with Gasteiger partial charge >= 0.3 is 0 Å². The van der Waals surface area contributed by atoms with Gasteiger partial charge in [-0.05, 0) is 56.9 Å². The average molecular weight is 438 g/mol. The van der Waals surface area contributed by atoms with Crippen LogP contribution < -0.4 is 5.32 Å². The van der Waals surface area contributed by atoms with E-state index in [0.717, 1.165) is 62.8 Å². The number of aromatic nitrogens is 1. The van der Waals surface area contributed by atoms with E-state index in [1.807, 2.05) is 40.7 Å². The summed E-state index contributed by atoms with van der Waals surface area (Å²) in [7, 11) is 0. The van der Waals surface area contributed by atoms with Gasteiger partial charge in [-0.1, -0.05) is 44.9 Å². The second-order valence-electron chi connectivity index (χ2n) is 10.1. The van der Waals surface area contributed by atoms with Crippen molar-refractivity contribution in [3.63, 3.8) is 0 Å². The van der Waals surface area contributed by atoms with Gasteiger partial charge < -0.3 is 19.2 Å². The smallest absolute Gasteiger partial charge is 0.271 e. The highest BCUT2D eigenvalue weighted by Crippen LogP contribution is 2.38. The van der Waals surface area contributed by atoms with Crippen LogP contribution in [0.4, 0.5) is 0 Å². The van der Waals surface area contributed by atoms with E-state index in [-0.39, 0.29) is 23.9 Å². The first kappa shape index (κ1) is 21.4. The first-order valence-electron chi connectivity index (χ1n) is 12.5. The van der Waals surface area contributed by atoms with E-state index < -0.39 is 5.54 Å². The van der Waals surface area contributed by atoms with Crippen molar-refractivity contribution in [3.05, 3.63) is 36.2 Å². The maximum absolute atomic E-state index is 13.9. The highest BCUT2D eigenvalue weighted by atomic mass is 16.3. The van der Waals surface area contributed by atoms with Crippen LogP contribution in [0.3, 0.4) is 0 Å². The first-order valence-corrected chi connectivity index (χ1v) is 12.5. The van der Waals surface area contributed by atoms with Gasteiger partial charge in [-0.25, -0.2) is 0 Å². The van der Waals surface area contributed by atoms with Crippen molar-refractivity contribution in [3.8, 4) is 11.5 Å². The molecule has 172 valence electrons. The first-order chi connectivity index (χ1) is 15.6. The number of hydrogen-bond acceptors (Lipinski definition) is 3. The zero-order valence-electron chi connectivity index (χ0n) is 19.1. The molecule has 6 heteroatoms. The molecule has 2 amide bonds. The van der Waals surface area contributed by atoms with Crippen molar-refractivity contribution in [2.24, 2.45) is 0 Å². The topological polar surface area (TPSA) is 67.5 Å². The minimum atomic E-state index is -0.915. The fraction of sp³-hybridized carbons (Fsp3) is 0.615. The lowest BCUT2D eigenvalue weighted by molar-refractivity contribution is -0.135. The standard InChI is InChI=1S/C26H35N3O3/c1-26(25(31)27-19-10-5-3-2-4-6-11-19)18-28-21(23-14-9-17-32-23)15-16-22(28)24(30)29(26)20-12-7-8-13-20/h9,14-17,19-20H,2-8,10-13,18H2,1H3,(H,27,31). The fourth-order valence-corrected chi connectivity index (χ4v) is 6.05. The van der Waals surface area contributed by atoms with Crippen LogP contribution in [0.15, 0.2) is 34.9 Å². The minimum Gasteiger partial charge on any atom is -0.463 e. The van der Waals surface area contributed by atoms with Crippen LogP contribution >= 0.6 is 0 Å². The molecule has 2 saturated carbocycles. The Bertz CT molecular complexity index is 949. The predicted molar refractivity (Wildman–Crippen MR) is 123 cm³/mol. The Hall–Kier alpha value is -2.50. The Balaban J connectivity index is 1.48. The third-order valence-electron chi connectivity index (χ3n) is 7.81. The molecule has 0 spiro atoms. The summed E-state index contributed by atoms with van der Waals surface area (Å²) >= 11 is 0. The van der Waals surface area contributed by atoms with Crippen LogP contribution in [0, 0.1) is 0 Å². The zero-order chi connectivity index (χ0) is 22.1. The summed E-state index contributed by atoms with van der Waals surface area (Å²) in [4.78, 5) is 29.6. The number of furan rings is 1. The number of nitrogens with one attached hydrogen (secondary N) is 1. The lowest BCUT2D eigenvalue weighted by Gasteiger charge is -2.47. The van der Waals surface area contributed by atoms with Gasteiger partial charge in [-0.15, -0.1) is 0 Å². The molecule has 1 atom stereocenters. The van der Waals surface area contributed by atoms with Gasteiger partial charge in [0.2, 0.25) is 5.91 Å². The Labute approximate surface area is 190 Å². The quantitative estimate of drug-likeness (QED) is 0.721. The Morgan fingerprint density at radius 1 is 0.969 bits per heavy atom. The average Bonchev–Trinajstić information content (AvgIpc) is 3.51. The van der Waals surface area contributed by atoms with Crippen molar-refractivity contribution in [2.45, 2.75) is 102 Å². The summed E-state index contributed by atoms with van der Waals surface area (Å²) in [5.74, 6) is 0.686. The molecule has 0 bridgehead atoms. The monoisotopic (exact) mass is 437 g/mol. The number of carbonyl (C=O) groups is 2. The summed E-state index contributed by atoms with van der Waals surface area (Å²) in [6.45, 7) is 2.42. The number of hydrogen-bond donors (Lipinski definition) is 1. The molecule has 2 aromatic rings. The Morgan fingerprint density at radius 3 is 2.31 bits per heavy atom. The van der Waals surface area contributed by atoms with Gasteiger partial charge in [-0.2, -0.15) is 0 Å². The summed E-state index contributed by atoms with van der Waals surface area (Å²) in [5, 5.41) is 3.38. The largest absolute Gasteiger partial charge is 0.463 e. The second-order valence-corrected chi connectivity index (χ2v) is 10.1. The molecule has 5 rings (SSSR count). The highest BCUT2D eigenvalue weighted by molar-refractivity contribution is 6.00. The molecule has 3 heterocycles. The molecule has 32 heavy (non-hydrogen) atoms. The van der Waals surface area contributed by atoms with E-state index in [0.29, 0.717) is 12.2 Å². The maximum Gasteiger partial charge on any atom is 0.271 e. The van der Waals surface area contributed by atoms with Crippen molar-refractivity contribution < 1.29 is 14.0 Å². The number of carbonyl (C=O) groups excluding carboxylic acids is 2. The van der Waals surface area contributed by atoms with Gasteiger partial charge in [0, 0.05) is 12.1 Å². The van der Waals surface area contributed by atoms with Crippen LogP contribution in [-0.4, -0.2) is 38.9 Å². The lowest BCUT2D eigenvalue weighted by Crippen LogP contribution is -2.67. The van der Waals surface area contributed by atoms with Gasteiger partial charge in [-0.3, -0.25) is 9.59 Å². The number of rotatable bonds is 4. The normalized spacial score (nSPS) is 25.4. The van der Waals surface area contributed by atoms with E-state index in [1.165, 1.54) is 19.3 Å². The van der Waals surface area contributed by atoms with Gasteiger partial charge in [0.25, 0.3) is 5.91 Å². The molecule has 1 unspecified atom stereocenters. The van der Waals surface area contributed by atoms with Gasteiger partial charge in [0.1, 0.15) is 17.0 Å². The molecule has 6 nitrogen and oxygen atoms in total. The molecule has 2 fully saturated rings. The third kappa shape index (κ3) is 3.78. The van der Waals surface area contributed by atoms with Crippen molar-refractivity contribution in [1.82, 2.24) is 14.8 Å².